The van der Waals surface area contributed by atoms with Crippen molar-refractivity contribution in [1.82, 2.24) is 10.4 Å². The number of rotatable bonds is 6. The predicted molar refractivity (Wildman–Crippen MR) is 133 cm³/mol. The van der Waals surface area contributed by atoms with E-state index in [2.05, 4.69) is 17.3 Å². The lowest BCUT2D eigenvalue weighted by Crippen LogP contribution is -2.43. The van der Waals surface area contributed by atoms with Gasteiger partial charge in [0.15, 0.2) is 0 Å². The standard InChI is InChI=1S/C29H23ClN2O/c30-27-18-10-17-26(21-27)28(20-19-23-11-4-1-5-12-23)32(22-24-13-6-2-7-14-24)31-29(33)25-15-8-3-9-16-25/h1-18,21,28H,22H2,(H,31,33). The van der Waals surface area contributed by atoms with Crippen LogP contribution >= 0.6 is 11.6 Å². The normalized spacial score (nSPS) is 11.3. The van der Waals surface area contributed by atoms with Crippen LogP contribution in [0, 0.1) is 11.8 Å². The first-order valence-electron chi connectivity index (χ1n) is 10.7. The molecule has 1 amide bonds. The van der Waals surface area contributed by atoms with Crippen molar-refractivity contribution in [1.29, 1.82) is 0 Å². The van der Waals surface area contributed by atoms with Crippen LogP contribution in [0.1, 0.15) is 33.1 Å². The fraction of sp³-hybridized carbons (Fsp3) is 0.0690. The molecule has 0 aliphatic carbocycles. The highest BCUT2D eigenvalue weighted by Crippen LogP contribution is 2.24. The molecule has 1 N–H and O–H groups in total. The van der Waals surface area contributed by atoms with Gasteiger partial charge in [0.1, 0.15) is 6.04 Å². The van der Waals surface area contributed by atoms with Gasteiger partial charge in [-0.3, -0.25) is 10.2 Å². The molecule has 1 atom stereocenters. The summed E-state index contributed by atoms with van der Waals surface area (Å²) in [5.41, 5.74) is 6.52. The Morgan fingerprint density at radius 2 is 1.45 bits per heavy atom. The Bertz CT molecular complexity index is 1250. The Kier molecular flexibility index (Phi) is 7.56. The molecule has 4 aromatic rings. The fourth-order valence-corrected chi connectivity index (χ4v) is 3.65. The van der Waals surface area contributed by atoms with E-state index in [1.54, 1.807) is 12.1 Å². The number of amides is 1. The summed E-state index contributed by atoms with van der Waals surface area (Å²) in [6.45, 7) is 0.472. The predicted octanol–water partition coefficient (Wildman–Crippen LogP) is 6.28. The van der Waals surface area contributed by atoms with E-state index < -0.39 is 6.04 Å². The molecule has 4 heteroatoms. The van der Waals surface area contributed by atoms with Crippen molar-refractivity contribution in [3.05, 3.63) is 143 Å². The van der Waals surface area contributed by atoms with E-state index >= 15 is 0 Å². The van der Waals surface area contributed by atoms with Crippen LogP contribution in [-0.2, 0) is 6.54 Å². The summed E-state index contributed by atoms with van der Waals surface area (Å²) >= 11 is 6.32. The van der Waals surface area contributed by atoms with E-state index in [0.717, 1.165) is 16.7 Å². The highest BCUT2D eigenvalue weighted by molar-refractivity contribution is 6.30. The van der Waals surface area contributed by atoms with E-state index in [4.69, 9.17) is 11.6 Å². The summed E-state index contributed by atoms with van der Waals surface area (Å²) in [7, 11) is 0. The lowest BCUT2D eigenvalue weighted by atomic mass is 10.0. The second kappa shape index (κ2) is 11.2. The van der Waals surface area contributed by atoms with E-state index in [1.807, 2.05) is 108 Å². The number of halogens is 1. The first-order chi connectivity index (χ1) is 16.2. The first kappa shape index (κ1) is 22.4. The molecule has 1 unspecified atom stereocenters. The number of nitrogens with one attached hydrogen (secondary N) is 1. The van der Waals surface area contributed by atoms with Crippen molar-refractivity contribution < 1.29 is 4.79 Å². The smallest absolute Gasteiger partial charge is 0.265 e. The summed E-state index contributed by atoms with van der Waals surface area (Å²) in [4.78, 5) is 13.1. The molecule has 0 bridgehead atoms. The first-order valence-corrected chi connectivity index (χ1v) is 11.1. The van der Waals surface area contributed by atoms with Gasteiger partial charge in [-0.2, -0.15) is 5.01 Å². The SMILES string of the molecule is O=C(NN(Cc1ccccc1)C(C#Cc1ccccc1)c1cccc(Cl)c1)c1ccccc1. The molecule has 0 saturated heterocycles. The van der Waals surface area contributed by atoms with Crippen molar-refractivity contribution in [2.45, 2.75) is 12.6 Å². The Hall–Kier alpha value is -3.84. The van der Waals surface area contributed by atoms with Gasteiger partial charge < -0.3 is 0 Å². The number of hydrogen-bond donors (Lipinski definition) is 1. The van der Waals surface area contributed by atoms with E-state index in [9.17, 15) is 4.79 Å². The molecule has 0 fully saturated rings. The van der Waals surface area contributed by atoms with E-state index in [1.165, 1.54) is 0 Å². The van der Waals surface area contributed by atoms with Gasteiger partial charge in [-0.25, -0.2) is 0 Å². The highest BCUT2D eigenvalue weighted by atomic mass is 35.5. The van der Waals surface area contributed by atoms with Crippen LogP contribution in [-0.4, -0.2) is 10.9 Å². The molecule has 0 aliphatic rings. The number of carbonyl (C=O) groups excluding carboxylic acids is 1. The van der Waals surface area contributed by atoms with Gasteiger partial charge in [-0.1, -0.05) is 102 Å². The summed E-state index contributed by atoms with van der Waals surface area (Å²) < 4.78 is 0. The van der Waals surface area contributed by atoms with Gasteiger partial charge in [0.2, 0.25) is 0 Å². The third kappa shape index (κ3) is 6.33. The molecule has 3 nitrogen and oxygen atoms in total. The maximum absolute atomic E-state index is 13.1. The van der Waals surface area contributed by atoms with Gasteiger partial charge in [-0.15, -0.1) is 0 Å². The largest absolute Gasteiger partial charge is 0.283 e. The van der Waals surface area contributed by atoms with Crippen LogP contribution in [0.15, 0.2) is 115 Å². The number of benzene rings is 4. The Labute approximate surface area is 199 Å². The second-order valence-electron chi connectivity index (χ2n) is 7.51. The van der Waals surface area contributed by atoms with Crippen LogP contribution in [0.4, 0.5) is 0 Å². The maximum Gasteiger partial charge on any atom is 0.265 e. The van der Waals surface area contributed by atoms with Gasteiger partial charge >= 0.3 is 0 Å². The Balaban J connectivity index is 1.74. The zero-order valence-corrected chi connectivity index (χ0v) is 18.7. The number of carbonyl (C=O) groups is 1. The van der Waals surface area contributed by atoms with E-state index in [-0.39, 0.29) is 5.91 Å². The van der Waals surface area contributed by atoms with Crippen LogP contribution < -0.4 is 5.43 Å². The quantitative estimate of drug-likeness (QED) is 0.277. The minimum absolute atomic E-state index is 0.194. The van der Waals surface area contributed by atoms with Crippen molar-refractivity contribution in [2.24, 2.45) is 0 Å². The third-order valence-corrected chi connectivity index (χ3v) is 5.32. The third-order valence-electron chi connectivity index (χ3n) is 5.08. The topological polar surface area (TPSA) is 32.3 Å². The van der Waals surface area contributed by atoms with E-state index in [0.29, 0.717) is 17.1 Å². The lowest BCUT2D eigenvalue weighted by molar-refractivity contribution is 0.0722. The monoisotopic (exact) mass is 450 g/mol. The maximum atomic E-state index is 13.1. The minimum Gasteiger partial charge on any atom is -0.283 e. The molecule has 0 heterocycles. The van der Waals surface area contributed by atoms with Gasteiger partial charge in [0, 0.05) is 22.7 Å². The molecule has 0 aliphatic heterocycles. The fourth-order valence-electron chi connectivity index (χ4n) is 3.45. The summed E-state index contributed by atoms with van der Waals surface area (Å²) in [6, 6.07) is 36.1. The molecule has 0 saturated carbocycles. The van der Waals surface area contributed by atoms with Crippen molar-refractivity contribution in [3.8, 4) is 11.8 Å². The molecular weight excluding hydrogens is 428 g/mol. The van der Waals surface area contributed by atoms with Crippen molar-refractivity contribution >= 4 is 17.5 Å². The minimum atomic E-state index is -0.420. The van der Waals surface area contributed by atoms with Crippen LogP contribution in [0.25, 0.3) is 0 Å². The zero-order chi connectivity index (χ0) is 22.9. The summed E-state index contributed by atoms with van der Waals surface area (Å²) in [5, 5.41) is 2.49. The van der Waals surface area contributed by atoms with Crippen molar-refractivity contribution in [3.63, 3.8) is 0 Å². The number of nitrogens with zero attached hydrogens (tertiary/aromatic N) is 1. The van der Waals surface area contributed by atoms with Crippen LogP contribution in [0.3, 0.4) is 0 Å². The molecule has 33 heavy (non-hydrogen) atoms. The zero-order valence-electron chi connectivity index (χ0n) is 18.0. The average molecular weight is 451 g/mol. The molecule has 4 rings (SSSR count). The molecule has 0 radical (unpaired) electrons. The second-order valence-corrected chi connectivity index (χ2v) is 7.95. The highest BCUT2D eigenvalue weighted by Gasteiger charge is 2.22. The molecule has 0 aromatic heterocycles. The Morgan fingerprint density at radius 1 is 0.818 bits per heavy atom. The number of hydrazine groups is 1. The molecule has 0 spiro atoms. The number of hydrogen-bond acceptors (Lipinski definition) is 2. The van der Waals surface area contributed by atoms with Crippen molar-refractivity contribution in [2.75, 3.05) is 0 Å². The molecule has 4 aromatic carbocycles. The summed E-state index contributed by atoms with van der Waals surface area (Å²) in [5.74, 6) is 6.42. The van der Waals surface area contributed by atoms with Gasteiger partial charge in [0.05, 0.1) is 0 Å². The molecular formula is C29H23ClN2O. The summed E-state index contributed by atoms with van der Waals surface area (Å²) in [6.07, 6.45) is 0. The Morgan fingerprint density at radius 3 is 2.12 bits per heavy atom. The van der Waals surface area contributed by atoms with Crippen LogP contribution in [0.2, 0.25) is 5.02 Å². The lowest BCUT2D eigenvalue weighted by Gasteiger charge is -2.29. The molecule has 162 valence electrons. The average Bonchev–Trinajstić information content (AvgIpc) is 2.86. The van der Waals surface area contributed by atoms with Crippen LogP contribution in [0.5, 0.6) is 0 Å². The van der Waals surface area contributed by atoms with Gasteiger partial charge in [-0.05, 0) is 47.5 Å². The van der Waals surface area contributed by atoms with Gasteiger partial charge in [0.25, 0.3) is 5.91 Å².